The fraction of sp³-hybridized carbons (Fsp3) is 0.333. The summed E-state index contributed by atoms with van der Waals surface area (Å²) < 4.78 is 1.05. The average Bonchev–Trinajstić information content (AvgIpc) is 3.12. The van der Waals surface area contributed by atoms with Crippen LogP contribution in [0.3, 0.4) is 0 Å². The van der Waals surface area contributed by atoms with Crippen molar-refractivity contribution in [2.24, 2.45) is 11.1 Å². The summed E-state index contributed by atoms with van der Waals surface area (Å²) in [5.74, 6) is -0.350. The van der Waals surface area contributed by atoms with Crippen molar-refractivity contribution in [1.29, 1.82) is 5.26 Å². The van der Waals surface area contributed by atoms with Gasteiger partial charge in [-0.1, -0.05) is 19.9 Å². The van der Waals surface area contributed by atoms with Gasteiger partial charge < -0.3 is 5.73 Å². The molecule has 0 saturated heterocycles. The molecule has 2 aliphatic rings. The van der Waals surface area contributed by atoms with Gasteiger partial charge in [-0.15, -0.1) is 23.1 Å². The Bertz CT molecular complexity index is 1280. The zero-order chi connectivity index (χ0) is 24.1. The minimum Gasteiger partial charge on any atom is -0.384 e. The third-order valence-corrected chi connectivity index (χ3v) is 8.24. The van der Waals surface area contributed by atoms with Crippen molar-refractivity contribution in [3.63, 3.8) is 0 Å². The van der Waals surface area contributed by atoms with Gasteiger partial charge in [0.25, 0.3) is 5.69 Å². The number of thiophene rings is 1. The first-order chi connectivity index (χ1) is 15.6. The molecule has 1 aliphatic heterocycles. The van der Waals surface area contributed by atoms with E-state index < -0.39 is 10.8 Å². The average molecular weight is 481 g/mol. The third kappa shape index (κ3) is 3.94. The summed E-state index contributed by atoms with van der Waals surface area (Å²) in [6.07, 6.45) is 2.90. The predicted molar refractivity (Wildman–Crippen MR) is 131 cm³/mol. The zero-order valence-corrected chi connectivity index (χ0v) is 20.5. The summed E-state index contributed by atoms with van der Waals surface area (Å²) in [5, 5.41) is 21.6. The Morgan fingerprint density at radius 2 is 2.06 bits per heavy atom. The van der Waals surface area contributed by atoms with Gasteiger partial charge in [0, 0.05) is 34.7 Å². The molecule has 0 fully saturated rings. The molecule has 1 aromatic heterocycles. The molecule has 2 N–H and O–H groups in total. The number of hydrogen-bond acceptors (Lipinski definition) is 8. The Labute approximate surface area is 200 Å². The van der Waals surface area contributed by atoms with E-state index in [0.717, 1.165) is 14.6 Å². The van der Waals surface area contributed by atoms with E-state index in [0.29, 0.717) is 35.4 Å². The van der Waals surface area contributed by atoms with Crippen molar-refractivity contribution in [2.75, 3.05) is 11.2 Å². The third-order valence-electron chi connectivity index (χ3n) is 6.02. The molecule has 0 spiro atoms. The van der Waals surface area contributed by atoms with Crippen molar-refractivity contribution >= 4 is 40.3 Å². The first kappa shape index (κ1) is 23.1. The Morgan fingerprint density at radius 1 is 1.33 bits per heavy atom. The monoisotopic (exact) mass is 480 g/mol. The number of nitrogens with zero attached hydrogens (tertiary/aromatic N) is 3. The molecule has 1 aliphatic carbocycles. The van der Waals surface area contributed by atoms with E-state index in [9.17, 15) is 20.2 Å². The van der Waals surface area contributed by atoms with E-state index in [1.165, 1.54) is 12.1 Å². The molecule has 4 rings (SSSR count). The second kappa shape index (κ2) is 8.36. The number of aryl methyl sites for hydroxylation is 1. The van der Waals surface area contributed by atoms with Gasteiger partial charge in [-0.05, 0) is 42.7 Å². The van der Waals surface area contributed by atoms with Gasteiger partial charge in [0.2, 0.25) is 0 Å². The highest BCUT2D eigenvalue weighted by Gasteiger charge is 2.45. The van der Waals surface area contributed by atoms with Gasteiger partial charge in [-0.3, -0.25) is 19.8 Å². The molecule has 170 valence electrons. The van der Waals surface area contributed by atoms with Crippen LogP contribution in [0.15, 0.2) is 57.2 Å². The van der Waals surface area contributed by atoms with Crippen LogP contribution < -0.4 is 10.6 Å². The van der Waals surface area contributed by atoms with E-state index in [1.54, 1.807) is 40.1 Å². The smallest absolute Gasteiger partial charge is 0.271 e. The number of thioether (sulfide) groups is 1. The quantitative estimate of drug-likeness (QED) is 0.343. The number of benzene rings is 1. The topological polar surface area (TPSA) is 113 Å². The summed E-state index contributed by atoms with van der Waals surface area (Å²) >= 11 is 3.22. The zero-order valence-electron chi connectivity index (χ0n) is 18.8. The van der Waals surface area contributed by atoms with Crippen LogP contribution in [0.4, 0.5) is 11.4 Å². The van der Waals surface area contributed by atoms with Crippen LogP contribution in [0.5, 0.6) is 0 Å². The molecule has 0 radical (unpaired) electrons. The van der Waals surface area contributed by atoms with Crippen molar-refractivity contribution in [3.05, 3.63) is 73.6 Å². The number of Topliss-reactive ketones (excluding diaryl/α,β-unsaturated/α-hetero) is 1. The van der Waals surface area contributed by atoms with Crippen LogP contribution in [-0.4, -0.2) is 17.0 Å². The number of nitro benzene ring substituents is 1. The number of ketones is 1. The number of nitro groups is 1. The molecular weight excluding hydrogens is 456 g/mol. The molecule has 1 aromatic carbocycles. The van der Waals surface area contributed by atoms with E-state index in [2.05, 4.69) is 6.07 Å². The van der Waals surface area contributed by atoms with Gasteiger partial charge in [0.1, 0.15) is 5.82 Å². The van der Waals surface area contributed by atoms with E-state index in [-0.39, 0.29) is 22.7 Å². The van der Waals surface area contributed by atoms with Gasteiger partial charge >= 0.3 is 0 Å². The number of nitrogens with two attached hydrogens (primary N) is 1. The Kier molecular flexibility index (Phi) is 5.85. The summed E-state index contributed by atoms with van der Waals surface area (Å²) in [4.78, 5) is 27.3. The molecule has 33 heavy (non-hydrogen) atoms. The summed E-state index contributed by atoms with van der Waals surface area (Å²) in [6, 6.07) is 10.4. The van der Waals surface area contributed by atoms with Gasteiger partial charge in [0.15, 0.2) is 5.78 Å². The lowest BCUT2D eigenvalue weighted by molar-refractivity contribution is -0.384. The maximum Gasteiger partial charge on any atom is 0.271 e. The molecule has 7 nitrogen and oxygen atoms in total. The van der Waals surface area contributed by atoms with Crippen molar-refractivity contribution in [3.8, 4) is 6.07 Å². The fourth-order valence-corrected chi connectivity index (χ4v) is 6.65. The van der Waals surface area contributed by atoms with Gasteiger partial charge in [0.05, 0.1) is 32.4 Å². The number of carbonyl (C=O) groups excluding carboxylic acids is 1. The molecule has 2 aromatic rings. The maximum absolute atomic E-state index is 13.6. The lowest BCUT2D eigenvalue weighted by atomic mass is 9.69. The number of non-ortho nitro benzene ring substituents is 1. The lowest BCUT2D eigenvalue weighted by Gasteiger charge is -2.43. The second-order valence-corrected chi connectivity index (χ2v) is 11.4. The van der Waals surface area contributed by atoms with E-state index >= 15 is 0 Å². The SMILES string of the molecule is CSc1sc(C)cc1C1C(C#N)=C(N)N(c2cccc([N+](=O)[O-])c2)C2=C1C(=O)CC(C)(C)C2. The number of allylic oxidation sites excluding steroid dienone is 3. The standard InChI is InChI=1S/C24H24N4O3S2/c1-13-8-16(23(32-4)33-13)20-17(12-25)22(26)27(14-6-5-7-15(9-14)28(30)31)18-10-24(2,3)11-19(29)21(18)20/h5-9,20H,10-11,26H2,1-4H3. The van der Waals surface area contributed by atoms with Crippen molar-refractivity contribution in [1.82, 2.24) is 0 Å². The molecule has 2 heterocycles. The molecule has 0 bridgehead atoms. The maximum atomic E-state index is 13.6. The Morgan fingerprint density at radius 3 is 2.70 bits per heavy atom. The lowest BCUT2D eigenvalue weighted by Crippen LogP contribution is -2.42. The van der Waals surface area contributed by atoms with Crippen LogP contribution in [0, 0.1) is 33.8 Å². The number of rotatable bonds is 4. The van der Waals surface area contributed by atoms with Gasteiger partial charge in [-0.25, -0.2) is 0 Å². The summed E-state index contributed by atoms with van der Waals surface area (Å²) in [5.41, 5.74) is 9.20. The second-order valence-electron chi connectivity index (χ2n) is 9.06. The normalized spacial score (nSPS) is 20.0. The number of carbonyl (C=O) groups is 1. The van der Waals surface area contributed by atoms with Crippen LogP contribution in [0.25, 0.3) is 0 Å². The molecule has 0 saturated carbocycles. The predicted octanol–water partition coefficient (Wildman–Crippen LogP) is 5.63. The number of nitriles is 1. The Balaban J connectivity index is 2.02. The summed E-state index contributed by atoms with van der Waals surface area (Å²) in [6.45, 7) is 6.06. The minimum absolute atomic E-state index is 0.0159. The number of anilines is 1. The highest BCUT2D eigenvalue weighted by atomic mass is 32.2. The number of hydrogen-bond donors (Lipinski definition) is 1. The fourth-order valence-electron chi connectivity index (χ4n) is 4.73. The molecule has 0 amide bonds. The minimum atomic E-state index is -0.545. The van der Waals surface area contributed by atoms with E-state index in [1.807, 2.05) is 33.1 Å². The molecule has 9 heteroatoms. The first-order valence-corrected chi connectivity index (χ1v) is 12.5. The first-order valence-electron chi connectivity index (χ1n) is 10.4. The molecule has 1 unspecified atom stereocenters. The molecular formula is C24H24N4O3S2. The summed E-state index contributed by atoms with van der Waals surface area (Å²) in [7, 11) is 0. The Hall–Kier alpha value is -3.09. The van der Waals surface area contributed by atoms with Crippen LogP contribution in [-0.2, 0) is 4.79 Å². The van der Waals surface area contributed by atoms with Crippen LogP contribution >= 0.6 is 23.1 Å². The van der Waals surface area contributed by atoms with Crippen LogP contribution in [0.2, 0.25) is 0 Å². The van der Waals surface area contributed by atoms with E-state index in [4.69, 9.17) is 5.73 Å². The molecule has 1 atom stereocenters. The highest BCUT2D eigenvalue weighted by molar-refractivity contribution is 8.00. The largest absolute Gasteiger partial charge is 0.384 e. The van der Waals surface area contributed by atoms with Crippen molar-refractivity contribution < 1.29 is 9.72 Å². The highest BCUT2D eigenvalue weighted by Crippen LogP contribution is 2.52. The van der Waals surface area contributed by atoms with Crippen molar-refractivity contribution in [2.45, 2.75) is 43.7 Å². The van der Waals surface area contributed by atoms with Crippen LogP contribution in [0.1, 0.15) is 43.0 Å². The van der Waals surface area contributed by atoms with Gasteiger partial charge in [-0.2, -0.15) is 5.26 Å².